The topological polar surface area (TPSA) is 55.1 Å². The molecule has 2 rings (SSSR count). The van der Waals surface area contributed by atoms with E-state index in [-0.39, 0.29) is 5.91 Å². The molecule has 3 N–H and O–H groups in total. The van der Waals surface area contributed by atoms with Crippen LogP contribution in [0.3, 0.4) is 0 Å². The molecule has 0 heterocycles. The van der Waals surface area contributed by atoms with Gasteiger partial charge in [0.2, 0.25) is 5.91 Å². The Kier molecular flexibility index (Phi) is 3.53. The summed E-state index contributed by atoms with van der Waals surface area (Å²) in [5.74, 6) is 0.762. The van der Waals surface area contributed by atoms with Gasteiger partial charge >= 0.3 is 0 Å². The Bertz CT molecular complexity index is 253. The SMILES string of the molecule is C[C@H](NC(=O)C1(N)CCCC1)C1CCCC1. The van der Waals surface area contributed by atoms with Crippen molar-refractivity contribution in [3.05, 3.63) is 0 Å². The van der Waals surface area contributed by atoms with E-state index >= 15 is 0 Å². The standard InChI is InChI=1S/C13H24N2O/c1-10(11-6-2-3-7-11)15-12(16)13(14)8-4-5-9-13/h10-11H,2-9,14H2,1H3,(H,15,16)/t10-/m0/s1. The lowest BCUT2D eigenvalue weighted by atomic mass is 9.95. The molecule has 0 saturated heterocycles. The van der Waals surface area contributed by atoms with Gasteiger partial charge in [-0.3, -0.25) is 4.79 Å². The van der Waals surface area contributed by atoms with Crippen LogP contribution in [0, 0.1) is 5.92 Å². The summed E-state index contributed by atoms with van der Waals surface area (Å²) in [5, 5.41) is 3.14. The third-order valence-corrected chi connectivity index (χ3v) is 4.41. The number of carbonyl (C=O) groups is 1. The predicted octanol–water partition coefficient (Wildman–Crippen LogP) is 1.95. The van der Waals surface area contributed by atoms with Crippen LogP contribution in [0.2, 0.25) is 0 Å². The molecule has 0 unspecified atom stereocenters. The minimum Gasteiger partial charge on any atom is -0.352 e. The highest BCUT2D eigenvalue weighted by Crippen LogP contribution is 2.30. The van der Waals surface area contributed by atoms with Crippen molar-refractivity contribution in [3.63, 3.8) is 0 Å². The molecule has 0 aromatic heterocycles. The van der Waals surface area contributed by atoms with Crippen LogP contribution < -0.4 is 11.1 Å². The van der Waals surface area contributed by atoms with Crippen LogP contribution in [-0.4, -0.2) is 17.5 Å². The predicted molar refractivity (Wildman–Crippen MR) is 64.9 cm³/mol. The van der Waals surface area contributed by atoms with Crippen LogP contribution in [0.4, 0.5) is 0 Å². The normalized spacial score (nSPS) is 26.9. The Morgan fingerprint density at radius 1 is 1.25 bits per heavy atom. The quantitative estimate of drug-likeness (QED) is 0.770. The first-order valence-electron chi connectivity index (χ1n) is 6.72. The van der Waals surface area contributed by atoms with E-state index in [1.165, 1.54) is 25.7 Å². The third kappa shape index (κ3) is 2.40. The van der Waals surface area contributed by atoms with E-state index in [4.69, 9.17) is 5.73 Å². The molecule has 0 aliphatic heterocycles. The van der Waals surface area contributed by atoms with E-state index in [1.807, 2.05) is 0 Å². The smallest absolute Gasteiger partial charge is 0.240 e. The zero-order valence-corrected chi connectivity index (χ0v) is 10.3. The molecule has 0 radical (unpaired) electrons. The molecule has 3 heteroatoms. The number of rotatable bonds is 3. The largest absolute Gasteiger partial charge is 0.352 e. The molecular formula is C13H24N2O. The monoisotopic (exact) mass is 224 g/mol. The van der Waals surface area contributed by atoms with Crippen molar-refractivity contribution in [2.75, 3.05) is 0 Å². The maximum atomic E-state index is 12.1. The Hall–Kier alpha value is -0.570. The van der Waals surface area contributed by atoms with E-state index < -0.39 is 5.54 Å². The molecule has 3 nitrogen and oxygen atoms in total. The Morgan fingerprint density at radius 2 is 1.81 bits per heavy atom. The van der Waals surface area contributed by atoms with Crippen LogP contribution in [0.5, 0.6) is 0 Å². The highest BCUT2D eigenvalue weighted by atomic mass is 16.2. The first-order chi connectivity index (χ1) is 7.62. The maximum absolute atomic E-state index is 12.1. The molecule has 2 fully saturated rings. The van der Waals surface area contributed by atoms with Gasteiger partial charge in [-0.05, 0) is 38.5 Å². The summed E-state index contributed by atoms with van der Waals surface area (Å²) < 4.78 is 0. The number of carbonyl (C=O) groups excluding carboxylic acids is 1. The lowest BCUT2D eigenvalue weighted by Crippen LogP contribution is -2.54. The Morgan fingerprint density at radius 3 is 2.38 bits per heavy atom. The van der Waals surface area contributed by atoms with Gasteiger partial charge in [0.15, 0.2) is 0 Å². The molecule has 0 aromatic rings. The van der Waals surface area contributed by atoms with Crippen LogP contribution in [0.15, 0.2) is 0 Å². The minimum atomic E-state index is -0.563. The maximum Gasteiger partial charge on any atom is 0.240 e. The first-order valence-corrected chi connectivity index (χ1v) is 6.72. The van der Waals surface area contributed by atoms with E-state index in [0.717, 1.165) is 25.7 Å². The molecule has 1 amide bonds. The second-order valence-electron chi connectivity index (χ2n) is 5.67. The summed E-state index contributed by atoms with van der Waals surface area (Å²) in [7, 11) is 0. The zero-order valence-electron chi connectivity index (χ0n) is 10.3. The summed E-state index contributed by atoms with van der Waals surface area (Å²) >= 11 is 0. The van der Waals surface area contributed by atoms with Gasteiger partial charge in [0.05, 0.1) is 5.54 Å². The Labute approximate surface area is 98.2 Å². The summed E-state index contributed by atoms with van der Waals surface area (Å²) in [5.41, 5.74) is 5.57. The molecule has 1 atom stereocenters. The molecule has 0 bridgehead atoms. The highest BCUT2D eigenvalue weighted by molar-refractivity contribution is 5.86. The van der Waals surface area contributed by atoms with E-state index in [9.17, 15) is 4.79 Å². The van der Waals surface area contributed by atoms with E-state index in [2.05, 4.69) is 12.2 Å². The highest BCUT2D eigenvalue weighted by Gasteiger charge is 2.38. The number of hydrogen-bond acceptors (Lipinski definition) is 2. The average Bonchev–Trinajstić information content (AvgIpc) is 2.88. The summed E-state index contributed by atoms with van der Waals surface area (Å²) in [6, 6.07) is 0.302. The minimum absolute atomic E-state index is 0.0874. The van der Waals surface area contributed by atoms with Gasteiger partial charge in [0, 0.05) is 6.04 Å². The van der Waals surface area contributed by atoms with Crippen molar-refractivity contribution < 1.29 is 4.79 Å². The van der Waals surface area contributed by atoms with Crippen molar-refractivity contribution >= 4 is 5.91 Å². The summed E-state index contributed by atoms with van der Waals surface area (Å²) in [6.45, 7) is 2.13. The van der Waals surface area contributed by atoms with Crippen molar-refractivity contribution in [2.24, 2.45) is 11.7 Å². The molecule has 2 saturated carbocycles. The van der Waals surface area contributed by atoms with Crippen LogP contribution in [0.25, 0.3) is 0 Å². The molecule has 92 valence electrons. The fraction of sp³-hybridized carbons (Fsp3) is 0.923. The second kappa shape index (κ2) is 4.74. The molecule has 16 heavy (non-hydrogen) atoms. The van der Waals surface area contributed by atoms with Gasteiger partial charge in [0.1, 0.15) is 0 Å². The van der Waals surface area contributed by atoms with Gasteiger partial charge in [-0.15, -0.1) is 0 Å². The van der Waals surface area contributed by atoms with Gasteiger partial charge in [-0.1, -0.05) is 25.7 Å². The van der Waals surface area contributed by atoms with Crippen molar-refractivity contribution in [3.8, 4) is 0 Å². The molecule has 0 spiro atoms. The molecule has 2 aliphatic rings. The lowest BCUT2D eigenvalue weighted by Gasteiger charge is -2.27. The molecule has 2 aliphatic carbocycles. The second-order valence-corrected chi connectivity index (χ2v) is 5.67. The average molecular weight is 224 g/mol. The van der Waals surface area contributed by atoms with Crippen LogP contribution >= 0.6 is 0 Å². The Balaban J connectivity index is 1.86. The summed E-state index contributed by atoms with van der Waals surface area (Å²) in [6.07, 6.45) is 9.07. The third-order valence-electron chi connectivity index (χ3n) is 4.41. The number of hydrogen-bond donors (Lipinski definition) is 2. The molecular weight excluding hydrogens is 200 g/mol. The van der Waals surface area contributed by atoms with Crippen molar-refractivity contribution in [1.29, 1.82) is 0 Å². The van der Waals surface area contributed by atoms with Gasteiger partial charge in [-0.2, -0.15) is 0 Å². The number of nitrogens with one attached hydrogen (secondary N) is 1. The number of amides is 1. The van der Waals surface area contributed by atoms with Crippen LogP contribution in [0.1, 0.15) is 58.3 Å². The first kappa shape index (κ1) is 11.9. The summed E-state index contributed by atoms with van der Waals surface area (Å²) in [4.78, 5) is 12.1. The van der Waals surface area contributed by atoms with Gasteiger partial charge in [-0.25, -0.2) is 0 Å². The number of nitrogens with two attached hydrogens (primary N) is 1. The van der Waals surface area contributed by atoms with Gasteiger partial charge in [0.25, 0.3) is 0 Å². The fourth-order valence-electron chi connectivity index (χ4n) is 3.16. The zero-order chi connectivity index (χ0) is 11.6. The van der Waals surface area contributed by atoms with Crippen molar-refractivity contribution in [2.45, 2.75) is 69.9 Å². The molecule has 0 aromatic carbocycles. The lowest BCUT2D eigenvalue weighted by molar-refractivity contribution is -0.127. The van der Waals surface area contributed by atoms with E-state index in [0.29, 0.717) is 12.0 Å². The fourth-order valence-corrected chi connectivity index (χ4v) is 3.16. The van der Waals surface area contributed by atoms with Gasteiger partial charge < -0.3 is 11.1 Å². The van der Waals surface area contributed by atoms with Crippen LogP contribution in [-0.2, 0) is 4.79 Å². The van der Waals surface area contributed by atoms with Crippen molar-refractivity contribution in [1.82, 2.24) is 5.32 Å². The van der Waals surface area contributed by atoms with E-state index in [1.54, 1.807) is 0 Å².